The van der Waals surface area contributed by atoms with Gasteiger partial charge in [0.1, 0.15) is 5.75 Å². The van der Waals surface area contributed by atoms with Crippen molar-refractivity contribution in [2.24, 2.45) is 0 Å². The van der Waals surface area contributed by atoms with Crippen LogP contribution in [0.3, 0.4) is 0 Å². The van der Waals surface area contributed by atoms with E-state index in [9.17, 15) is 4.79 Å². The number of halogens is 1. The van der Waals surface area contributed by atoms with Gasteiger partial charge in [-0.15, -0.1) is 11.8 Å². The first-order valence-corrected chi connectivity index (χ1v) is 8.51. The summed E-state index contributed by atoms with van der Waals surface area (Å²) in [7, 11) is 0. The maximum absolute atomic E-state index is 12.0. The van der Waals surface area contributed by atoms with Gasteiger partial charge in [-0.1, -0.05) is 35.9 Å². The van der Waals surface area contributed by atoms with Gasteiger partial charge in [0.05, 0.1) is 11.1 Å². The summed E-state index contributed by atoms with van der Waals surface area (Å²) in [5.41, 5.74) is 1.06. The number of carbonyl (C=O) groups excluding carboxylic acids is 1. The van der Waals surface area contributed by atoms with Crippen LogP contribution >= 0.6 is 23.4 Å². The molecule has 0 aliphatic rings. The van der Waals surface area contributed by atoms with Crippen LogP contribution in [0.4, 0.5) is 0 Å². The molecule has 2 aromatic rings. The molecular weight excluding hydrogens is 318 g/mol. The second-order valence-electron chi connectivity index (χ2n) is 4.78. The summed E-state index contributed by atoms with van der Waals surface area (Å²) in [4.78, 5) is 13.1. The van der Waals surface area contributed by atoms with Gasteiger partial charge in [-0.05, 0) is 43.0 Å². The van der Waals surface area contributed by atoms with Gasteiger partial charge in [0, 0.05) is 4.90 Å². The van der Waals surface area contributed by atoms with Crippen LogP contribution in [0.5, 0.6) is 5.75 Å². The van der Waals surface area contributed by atoms with Crippen molar-refractivity contribution in [2.45, 2.75) is 17.9 Å². The molecule has 0 spiro atoms. The molecule has 0 radical (unpaired) electrons. The van der Waals surface area contributed by atoms with Crippen molar-refractivity contribution in [1.82, 2.24) is 5.32 Å². The minimum atomic E-state index is -0.179. The Kier molecular flexibility index (Phi) is 6.16. The minimum Gasteiger partial charge on any atom is -0.482 e. The number of amides is 1. The first kappa shape index (κ1) is 16.7. The molecule has 116 valence electrons. The SMILES string of the molecule is CSc1ccc([C@@H](C)NC(=O)COc2ccccc2Cl)cc1. The number of para-hydroxylation sites is 1. The molecule has 0 unspecified atom stereocenters. The van der Waals surface area contributed by atoms with Crippen molar-refractivity contribution in [1.29, 1.82) is 0 Å². The summed E-state index contributed by atoms with van der Waals surface area (Å²) in [6.45, 7) is 1.89. The fraction of sp³-hybridized carbons (Fsp3) is 0.235. The summed E-state index contributed by atoms with van der Waals surface area (Å²) in [6.07, 6.45) is 2.03. The molecule has 2 rings (SSSR count). The van der Waals surface area contributed by atoms with E-state index in [0.29, 0.717) is 10.8 Å². The van der Waals surface area contributed by atoms with E-state index in [2.05, 4.69) is 5.32 Å². The van der Waals surface area contributed by atoms with E-state index in [1.165, 1.54) is 4.90 Å². The van der Waals surface area contributed by atoms with Gasteiger partial charge in [-0.25, -0.2) is 0 Å². The molecular formula is C17H18ClNO2S. The van der Waals surface area contributed by atoms with Gasteiger partial charge in [0.2, 0.25) is 0 Å². The molecule has 2 aromatic carbocycles. The molecule has 3 nitrogen and oxygen atoms in total. The Balaban J connectivity index is 1.87. The van der Waals surface area contributed by atoms with Gasteiger partial charge >= 0.3 is 0 Å². The van der Waals surface area contributed by atoms with E-state index in [-0.39, 0.29) is 18.6 Å². The predicted octanol–water partition coefficient (Wildman–Crippen LogP) is 4.32. The van der Waals surface area contributed by atoms with E-state index < -0.39 is 0 Å². The van der Waals surface area contributed by atoms with Crippen LogP contribution in [0.15, 0.2) is 53.4 Å². The standard InChI is InChI=1S/C17H18ClNO2S/c1-12(13-7-9-14(22-2)10-8-13)19-17(20)11-21-16-6-4-3-5-15(16)18/h3-10,12H,11H2,1-2H3,(H,19,20)/t12-/m1/s1. The van der Waals surface area contributed by atoms with Crippen LogP contribution in [0.1, 0.15) is 18.5 Å². The highest BCUT2D eigenvalue weighted by Gasteiger charge is 2.11. The Morgan fingerprint density at radius 2 is 1.91 bits per heavy atom. The lowest BCUT2D eigenvalue weighted by Crippen LogP contribution is -2.31. The predicted molar refractivity (Wildman–Crippen MR) is 91.7 cm³/mol. The number of nitrogens with one attached hydrogen (secondary N) is 1. The number of ether oxygens (including phenoxy) is 1. The molecule has 0 aliphatic heterocycles. The van der Waals surface area contributed by atoms with Crippen LogP contribution in [-0.2, 0) is 4.79 Å². The second-order valence-corrected chi connectivity index (χ2v) is 6.07. The molecule has 0 aliphatic carbocycles. The first-order chi connectivity index (χ1) is 10.6. The molecule has 22 heavy (non-hydrogen) atoms. The summed E-state index contributed by atoms with van der Waals surface area (Å²) < 4.78 is 5.42. The van der Waals surface area contributed by atoms with E-state index in [1.54, 1.807) is 23.9 Å². The quantitative estimate of drug-likeness (QED) is 0.799. The third-order valence-corrected chi connectivity index (χ3v) is 4.24. The molecule has 0 saturated heterocycles. The molecule has 0 saturated carbocycles. The molecule has 1 amide bonds. The van der Waals surface area contributed by atoms with Crippen LogP contribution < -0.4 is 10.1 Å². The number of benzene rings is 2. The topological polar surface area (TPSA) is 38.3 Å². The summed E-state index contributed by atoms with van der Waals surface area (Å²) in [5.74, 6) is 0.331. The first-order valence-electron chi connectivity index (χ1n) is 6.91. The lowest BCUT2D eigenvalue weighted by molar-refractivity contribution is -0.123. The highest BCUT2D eigenvalue weighted by atomic mass is 35.5. The maximum Gasteiger partial charge on any atom is 0.258 e. The second kappa shape index (κ2) is 8.11. The number of rotatable bonds is 6. The van der Waals surface area contributed by atoms with Gasteiger partial charge in [0.25, 0.3) is 5.91 Å². The average Bonchev–Trinajstić information content (AvgIpc) is 2.54. The van der Waals surface area contributed by atoms with Crippen molar-refractivity contribution in [2.75, 3.05) is 12.9 Å². The van der Waals surface area contributed by atoms with Crippen molar-refractivity contribution < 1.29 is 9.53 Å². The van der Waals surface area contributed by atoms with Crippen LogP contribution in [0.2, 0.25) is 5.02 Å². The Bertz CT molecular complexity index is 631. The van der Waals surface area contributed by atoms with Crippen molar-refractivity contribution in [3.8, 4) is 5.75 Å². The van der Waals surface area contributed by atoms with E-state index in [0.717, 1.165) is 5.56 Å². The smallest absolute Gasteiger partial charge is 0.258 e. The fourth-order valence-corrected chi connectivity index (χ4v) is 2.56. The number of hydrogen-bond donors (Lipinski definition) is 1. The Labute approximate surface area is 140 Å². The maximum atomic E-state index is 12.0. The average molecular weight is 336 g/mol. The Morgan fingerprint density at radius 1 is 1.23 bits per heavy atom. The van der Waals surface area contributed by atoms with Gasteiger partial charge < -0.3 is 10.1 Å². The third kappa shape index (κ3) is 4.68. The number of carbonyl (C=O) groups is 1. The summed E-state index contributed by atoms with van der Waals surface area (Å²) in [6, 6.07) is 15.1. The summed E-state index contributed by atoms with van der Waals surface area (Å²) in [5, 5.41) is 3.41. The zero-order chi connectivity index (χ0) is 15.9. The zero-order valence-corrected chi connectivity index (χ0v) is 14.1. The van der Waals surface area contributed by atoms with Crippen LogP contribution in [0, 0.1) is 0 Å². The number of thioether (sulfide) groups is 1. The molecule has 5 heteroatoms. The largest absolute Gasteiger partial charge is 0.482 e. The van der Waals surface area contributed by atoms with Gasteiger partial charge in [-0.3, -0.25) is 4.79 Å². The number of hydrogen-bond acceptors (Lipinski definition) is 3. The van der Waals surface area contributed by atoms with Crippen molar-refractivity contribution in [3.05, 3.63) is 59.1 Å². The molecule has 1 atom stereocenters. The molecule has 0 fully saturated rings. The Hall–Kier alpha value is -1.65. The van der Waals surface area contributed by atoms with E-state index in [4.69, 9.17) is 16.3 Å². The third-order valence-electron chi connectivity index (χ3n) is 3.19. The van der Waals surface area contributed by atoms with Crippen LogP contribution in [0.25, 0.3) is 0 Å². The normalized spacial score (nSPS) is 11.8. The van der Waals surface area contributed by atoms with Gasteiger partial charge in [-0.2, -0.15) is 0 Å². The molecule has 1 N–H and O–H groups in total. The highest BCUT2D eigenvalue weighted by molar-refractivity contribution is 7.98. The van der Waals surface area contributed by atoms with Crippen molar-refractivity contribution in [3.63, 3.8) is 0 Å². The van der Waals surface area contributed by atoms with E-state index >= 15 is 0 Å². The van der Waals surface area contributed by atoms with E-state index in [1.807, 2.05) is 49.6 Å². The Morgan fingerprint density at radius 3 is 2.55 bits per heavy atom. The monoisotopic (exact) mass is 335 g/mol. The lowest BCUT2D eigenvalue weighted by Gasteiger charge is -2.15. The highest BCUT2D eigenvalue weighted by Crippen LogP contribution is 2.23. The zero-order valence-electron chi connectivity index (χ0n) is 12.5. The lowest BCUT2D eigenvalue weighted by atomic mass is 10.1. The summed E-state index contributed by atoms with van der Waals surface area (Å²) >= 11 is 7.67. The van der Waals surface area contributed by atoms with Gasteiger partial charge in [0.15, 0.2) is 6.61 Å². The molecule has 0 heterocycles. The van der Waals surface area contributed by atoms with Crippen LogP contribution in [-0.4, -0.2) is 18.8 Å². The fourth-order valence-electron chi connectivity index (χ4n) is 1.96. The van der Waals surface area contributed by atoms with Crippen molar-refractivity contribution >= 4 is 29.3 Å². The molecule has 0 aromatic heterocycles. The minimum absolute atomic E-state index is 0.0586. The molecule has 0 bridgehead atoms.